The van der Waals surface area contributed by atoms with Crippen molar-refractivity contribution in [3.63, 3.8) is 0 Å². The molecule has 0 aromatic heterocycles. The summed E-state index contributed by atoms with van der Waals surface area (Å²) in [5, 5.41) is 3.55. The van der Waals surface area contributed by atoms with E-state index in [0.29, 0.717) is 12.1 Å². The minimum Gasteiger partial charge on any atom is -0.444 e. The van der Waals surface area contributed by atoms with Gasteiger partial charge >= 0.3 is 6.09 Å². The van der Waals surface area contributed by atoms with Gasteiger partial charge < -0.3 is 19.7 Å². The van der Waals surface area contributed by atoms with Crippen LogP contribution in [0.3, 0.4) is 0 Å². The van der Waals surface area contributed by atoms with E-state index >= 15 is 0 Å². The number of rotatable bonds is 5. The zero-order chi connectivity index (χ0) is 17.4. The highest BCUT2D eigenvalue weighted by molar-refractivity contribution is 5.68. The molecule has 2 aliphatic rings. The molecule has 0 spiro atoms. The maximum atomic E-state index is 12.7. The number of carbonyl (C=O) groups excluding carboxylic acids is 1. The number of carbonyl (C=O) groups is 1. The van der Waals surface area contributed by atoms with Crippen molar-refractivity contribution in [2.45, 2.75) is 89.8 Å². The summed E-state index contributed by atoms with van der Waals surface area (Å²) in [6.45, 7) is 9.01. The minimum atomic E-state index is -0.440. The van der Waals surface area contributed by atoms with Crippen LogP contribution in [0, 0.1) is 0 Å². The number of nitrogens with one attached hydrogen (secondary N) is 1. The monoisotopic (exact) mass is 340 g/mol. The first-order valence-corrected chi connectivity index (χ1v) is 9.76. The molecular weight excluding hydrogens is 304 g/mol. The van der Waals surface area contributed by atoms with Crippen molar-refractivity contribution in [1.82, 2.24) is 10.2 Å². The van der Waals surface area contributed by atoms with Crippen LogP contribution in [0.2, 0.25) is 0 Å². The zero-order valence-electron chi connectivity index (χ0n) is 15.8. The Morgan fingerprint density at radius 2 is 1.83 bits per heavy atom. The van der Waals surface area contributed by atoms with E-state index in [0.717, 1.165) is 52.0 Å². The second kappa shape index (κ2) is 9.62. The Kier molecular flexibility index (Phi) is 7.82. The number of hydrogen-bond acceptors (Lipinski definition) is 4. The average molecular weight is 341 g/mol. The van der Waals surface area contributed by atoms with Crippen LogP contribution < -0.4 is 5.32 Å². The van der Waals surface area contributed by atoms with Gasteiger partial charge in [0.1, 0.15) is 5.60 Å². The van der Waals surface area contributed by atoms with E-state index < -0.39 is 5.60 Å². The van der Waals surface area contributed by atoms with Gasteiger partial charge in [-0.2, -0.15) is 0 Å². The van der Waals surface area contributed by atoms with E-state index in [1.54, 1.807) is 0 Å². The molecule has 2 fully saturated rings. The first-order chi connectivity index (χ1) is 11.5. The third-order valence-corrected chi connectivity index (χ3v) is 4.84. The smallest absolute Gasteiger partial charge is 0.410 e. The van der Waals surface area contributed by atoms with Gasteiger partial charge in [0.25, 0.3) is 0 Å². The lowest BCUT2D eigenvalue weighted by atomic mass is 10.1. The first-order valence-electron chi connectivity index (χ1n) is 9.76. The SMILES string of the molecule is CC(C)(C)OC(=O)N(CCNC1CCCOC1)C1CCCCCC1. The van der Waals surface area contributed by atoms with Crippen LogP contribution in [-0.2, 0) is 9.47 Å². The van der Waals surface area contributed by atoms with Crippen LogP contribution in [0.4, 0.5) is 4.79 Å². The van der Waals surface area contributed by atoms with Gasteiger partial charge in [-0.3, -0.25) is 0 Å². The van der Waals surface area contributed by atoms with Gasteiger partial charge in [-0.1, -0.05) is 25.7 Å². The predicted molar refractivity (Wildman–Crippen MR) is 96.3 cm³/mol. The van der Waals surface area contributed by atoms with Crippen LogP contribution >= 0.6 is 0 Å². The largest absolute Gasteiger partial charge is 0.444 e. The Balaban J connectivity index is 1.89. The molecule has 5 nitrogen and oxygen atoms in total. The van der Waals surface area contributed by atoms with Crippen LogP contribution in [-0.4, -0.2) is 55.0 Å². The average Bonchev–Trinajstić information content (AvgIpc) is 2.80. The second-order valence-corrected chi connectivity index (χ2v) is 8.19. The maximum absolute atomic E-state index is 12.7. The highest BCUT2D eigenvalue weighted by atomic mass is 16.6. The Bertz CT molecular complexity index is 367. The van der Waals surface area contributed by atoms with Crippen molar-refractivity contribution in [2.75, 3.05) is 26.3 Å². The third kappa shape index (κ3) is 6.98. The molecule has 1 heterocycles. The fourth-order valence-electron chi connectivity index (χ4n) is 3.60. The molecule has 0 bridgehead atoms. The highest BCUT2D eigenvalue weighted by Gasteiger charge is 2.28. The predicted octanol–water partition coefficient (Wildman–Crippen LogP) is 3.71. The highest BCUT2D eigenvalue weighted by Crippen LogP contribution is 2.23. The van der Waals surface area contributed by atoms with E-state index in [-0.39, 0.29) is 6.09 Å². The van der Waals surface area contributed by atoms with E-state index in [1.807, 2.05) is 25.7 Å². The topological polar surface area (TPSA) is 50.8 Å². The molecule has 1 saturated carbocycles. The molecule has 1 aliphatic carbocycles. The summed E-state index contributed by atoms with van der Waals surface area (Å²) in [5.41, 5.74) is -0.440. The molecule has 2 rings (SSSR count). The minimum absolute atomic E-state index is 0.156. The van der Waals surface area contributed by atoms with Crippen molar-refractivity contribution < 1.29 is 14.3 Å². The second-order valence-electron chi connectivity index (χ2n) is 8.19. The van der Waals surface area contributed by atoms with Gasteiger partial charge in [0.05, 0.1) is 6.61 Å². The maximum Gasteiger partial charge on any atom is 0.410 e. The van der Waals surface area contributed by atoms with Gasteiger partial charge in [-0.25, -0.2) is 4.79 Å². The molecule has 1 unspecified atom stereocenters. The number of ether oxygens (including phenoxy) is 2. The van der Waals surface area contributed by atoms with Gasteiger partial charge in [-0.15, -0.1) is 0 Å². The molecule has 0 aromatic carbocycles. The Morgan fingerprint density at radius 3 is 2.42 bits per heavy atom. The number of hydrogen-bond donors (Lipinski definition) is 1. The van der Waals surface area contributed by atoms with Gasteiger partial charge in [0.15, 0.2) is 0 Å². The Labute approximate surface area is 147 Å². The quantitative estimate of drug-likeness (QED) is 0.775. The molecule has 24 heavy (non-hydrogen) atoms. The fraction of sp³-hybridized carbons (Fsp3) is 0.947. The molecule has 1 amide bonds. The van der Waals surface area contributed by atoms with Crippen molar-refractivity contribution in [3.8, 4) is 0 Å². The molecule has 1 aliphatic heterocycles. The van der Waals surface area contributed by atoms with Crippen LogP contribution in [0.5, 0.6) is 0 Å². The summed E-state index contributed by atoms with van der Waals surface area (Å²) in [6.07, 6.45) is 9.34. The summed E-state index contributed by atoms with van der Waals surface area (Å²) in [6, 6.07) is 0.750. The summed E-state index contributed by atoms with van der Waals surface area (Å²) in [5.74, 6) is 0. The lowest BCUT2D eigenvalue weighted by Gasteiger charge is -2.34. The van der Waals surface area contributed by atoms with Gasteiger partial charge in [-0.05, 0) is 46.5 Å². The lowest BCUT2D eigenvalue weighted by Crippen LogP contribution is -2.48. The van der Waals surface area contributed by atoms with Crippen LogP contribution in [0.1, 0.15) is 72.1 Å². The van der Waals surface area contributed by atoms with E-state index in [2.05, 4.69) is 5.32 Å². The fourth-order valence-corrected chi connectivity index (χ4v) is 3.60. The lowest BCUT2D eigenvalue weighted by molar-refractivity contribution is 0.0138. The molecule has 1 saturated heterocycles. The van der Waals surface area contributed by atoms with E-state index in [9.17, 15) is 4.79 Å². The van der Waals surface area contributed by atoms with Gasteiger partial charge in [0.2, 0.25) is 0 Å². The van der Waals surface area contributed by atoms with Crippen molar-refractivity contribution in [2.24, 2.45) is 0 Å². The molecular formula is C19H36N2O3. The van der Waals surface area contributed by atoms with Gasteiger partial charge in [0, 0.05) is 31.8 Å². The normalized spacial score (nSPS) is 23.5. The molecule has 140 valence electrons. The van der Waals surface area contributed by atoms with Crippen LogP contribution in [0.15, 0.2) is 0 Å². The van der Waals surface area contributed by atoms with Crippen molar-refractivity contribution in [1.29, 1.82) is 0 Å². The van der Waals surface area contributed by atoms with E-state index in [4.69, 9.17) is 9.47 Å². The summed E-state index contributed by atoms with van der Waals surface area (Å²) in [7, 11) is 0. The molecule has 0 aromatic rings. The Morgan fingerprint density at radius 1 is 1.12 bits per heavy atom. The number of amides is 1. The molecule has 5 heteroatoms. The molecule has 1 N–H and O–H groups in total. The molecule has 0 radical (unpaired) electrons. The first kappa shape index (κ1) is 19.5. The third-order valence-electron chi connectivity index (χ3n) is 4.84. The standard InChI is InChI=1S/C19H36N2O3/c1-19(2,3)24-18(22)21(17-10-6-4-5-7-11-17)13-12-20-16-9-8-14-23-15-16/h16-17,20H,4-15H2,1-3H3. The summed E-state index contributed by atoms with van der Waals surface area (Å²) >= 11 is 0. The number of nitrogens with zero attached hydrogens (tertiary/aromatic N) is 1. The zero-order valence-corrected chi connectivity index (χ0v) is 15.8. The molecule has 1 atom stereocenters. The van der Waals surface area contributed by atoms with E-state index in [1.165, 1.54) is 25.7 Å². The Hall–Kier alpha value is -0.810. The summed E-state index contributed by atoms with van der Waals surface area (Å²) in [4.78, 5) is 14.7. The van der Waals surface area contributed by atoms with Crippen LogP contribution in [0.25, 0.3) is 0 Å². The van der Waals surface area contributed by atoms with Crippen molar-refractivity contribution >= 4 is 6.09 Å². The summed E-state index contributed by atoms with van der Waals surface area (Å²) < 4.78 is 11.2. The van der Waals surface area contributed by atoms with Crippen molar-refractivity contribution in [3.05, 3.63) is 0 Å².